The van der Waals surface area contributed by atoms with Crippen molar-refractivity contribution in [3.05, 3.63) is 39.9 Å². The van der Waals surface area contributed by atoms with E-state index in [4.69, 9.17) is 0 Å². The van der Waals surface area contributed by atoms with Gasteiger partial charge in [0.25, 0.3) is 0 Å². The van der Waals surface area contributed by atoms with Crippen molar-refractivity contribution in [2.45, 2.75) is 39.7 Å². The Balaban J connectivity index is 1.34. The summed E-state index contributed by atoms with van der Waals surface area (Å²) in [7, 11) is 0. The summed E-state index contributed by atoms with van der Waals surface area (Å²) < 4.78 is 0. The number of hydrogen-bond acceptors (Lipinski definition) is 5. The molecule has 1 saturated carbocycles. The van der Waals surface area contributed by atoms with Gasteiger partial charge in [0.1, 0.15) is 0 Å². The number of amides is 2. The van der Waals surface area contributed by atoms with E-state index < -0.39 is 0 Å². The van der Waals surface area contributed by atoms with Crippen LogP contribution in [-0.4, -0.2) is 34.8 Å². The lowest BCUT2D eigenvalue weighted by molar-refractivity contribution is -0.118. The number of carbonyl (C=O) groups excluding carboxylic acids is 2. The van der Waals surface area contributed by atoms with Crippen LogP contribution in [0.3, 0.4) is 0 Å². The number of aromatic nitrogens is 1. The quantitative estimate of drug-likeness (QED) is 0.831. The van der Waals surface area contributed by atoms with Crippen LogP contribution in [0, 0.1) is 19.8 Å². The fourth-order valence-electron chi connectivity index (χ4n) is 3.34. The molecule has 2 amide bonds. The molecule has 0 atom stereocenters. The van der Waals surface area contributed by atoms with Gasteiger partial charge in [-0.1, -0.05) is 17.7 Å². The molecular formula is C20H24N4O2S. The fourth-order valence-corrected chi connectivity index (χ4v) is 4.39. The number of nitrogens with one attached hydrogen (secondary N) is 2. The van der Waals surface area contributed by atoms with Crippen molar-refractivity contribution in [2.24, 2.45) is 5.92 Å². The fraction of sp³-hybridized carbons (Fsp3) is 0.450. The first-order chi connectivity index (χ1) is 13.0. The van der Waals surface area contributed by atoms with E-state index >= 15 is 0 Å². The van der Waals surface area contributed by atoms with E-state index in [-0.39, 0.29) is 17.7 Å². The molecule has 27 heavy (non-hydrogen) atoms. The average Bonchev–Trinajstić information content (AvgIpc) is 3.39. The maximum absolute atomic E-state index is 12.4. The van der Waals surface area contributed by atoms with Gasteiger partial charge in [0, 0.05) is 36.0 Å². The highest BCUT2D eigenvalue weighted by Gasteiger charge is 2.31. The summed E-state index contributed by atoms with van der Waals surface area (Å²) in [6, 6.07) is 6.02. The van der Waals surface area contributed by atoms with Crippen LogP contribution in [0.2, 0.25) is 0 Å². The number of thiazole rings is 1. The zero-order chi connectivity index (χ0) is 19.0. The zero-order valence-corrected chi connectivity index (χ0v) is 16.5. The number of benzene rings is 1. The van der Waals surface area contributed by atoms with Gasteiger partial charge in [0.05, 0.1) is 12.2 Å². The Morgan fingerprint density at radius 1 is 1.26 bits per heavy atom. The molecular weight excluding hydrogens is 360 g/mol. The first kappa shape index (κ1) is 18.1. The van der Waals surface area contributed by atoms with Crippen molar-refractivity contribution in [3.8, 4) is 0 Å². The van der Waals surface area contributed by atoms with Crippen molar-refractivity contribution in [1.29, 1.82) is 0 Å². The number of aryl methyl sites for hydroxylation is 2. The van der Waals surface area contributed by atoms with E-state index in [0.717, 1.165) is 47.6 Å². The third-order valence-corrected chi connectivity index (χ3v) is 6.01. The maximum Gasteiger partial charge on any atom is 0.238 e. The van der Waals surface area contributed by atoms with Gasteiger partial charge >= 0.3 is 0 Å². The monoisotopic (exact) mass is 384 g/mol. The molecule has 0 unspecified atom stereocenters. The zero-order valence-electron chi connectivity index (χ0n) is 15.7. The van der Waals surface area contributed by atoms with E-state index in [9.17, 15) is 9.59 Å². The Hall–Kier alpha value is -2.25. The third-order valence-electron chi connectivity index (χ3n) is 5.01. The molecule has 142 valence electrons. The molecule has 2 heterocycles. The van der Waals surface area contributed by atoms with Crippen molar-refractivity contribution < 1.29 is 9.59 Å². The topological polar surface area (TPSA) is 74.3 Å². The Kier molecular flexibility index (Phi) is 4.97. The molecule has 6 nitrogen and oxygen atoms in total. The van der Waals surface area contributed by atoms with Crippen LogP contribution in [-0.2, 0) is 22.6 Å². The molecule has 1 aromatic carbocycles. The summed E-state index contributed by atoms with van der Waals surface area (Å²) >= 11 is 1.53. The van der Waals surface area contributed by atoms with Gasteiger partial charge in [0.15, 0.2) is 5.13 Å². The molecule has 1 aliphatic heterocycles. The van der Waals surface area contributed by atoms with Crippen molar-refractivity contribution in [3.63, 3.8) is 0 Å². The molecule has 2 aliphatic rings. The summed E-state index contributed by atoms with van der Waals surface area (Å²) in [6.45, 7) is 5.90. The Labute approximate surface area is 163 Å². The van der Waals surface area contributed by atoms with E-state index in [1.165, 1.54) is 16.9 Å². The van der Waals surface area contributed by atoms with Gasteiger partial charge in [-0.05, 0) is 38.3 Å². The van der Waals surface area contributed by atoms with Crippen molar-refractivity contribution >= 4 is 34.0 Å². The van der Waals surface area contributed by atoms with E-state index in [2.05, 4.69) is 26.6 Å². The molecule has 7 heteroatoms. The second kappa shape index (κ2) is 7.40. The summed E-state index contributed by atoms with van der Waals surface area (Å²) in [6.07, 6.45) is 2.78. The molecule has 0 bridgehead atoms. The first-order valence-electron chi connectivity index (χ1n) is 9.37. The Bertz CT molecular complexity index is 888. The molecule has 1 aromatic heterocycles. The smallest absolute Gasteiger partial charge is 0.238 e. The second-order valence-electron chi connectivity index (χ2n) is 7.48. The Morgan fingerprint density at radius 3 is 2.81 bits per heavy atom. The van der Waals surface area contributed by atoms with Gasteiger partial charge < -0.3 is 10.6 Å². The number of fused-ring (bicyclic) bond motifs is 1. The molecule has 2 aromatic rings. The summed E-state index contributed by atoms with van der Waals surface area (Å²) in [5, 5.41) is 6.63. The number of rotatable bonds is 5. The highest BCUT2D eigenvalue weighted by molar-refractivity contribution is 7.15. The highest BCUT2D eigenvalue weighted by Crippen LogP contribution is 2.33. The molecule has 0 saturated heterocycles. The van der Waals surface area contributed by atoms with Crippen LogP contribution in [0.25, 0.3) is 0 Å². The van der Waals surface area contributed by atoms with Gasteiger partial charge in [0.2, 0.25) is 11.8 Å². The number of carbonyl (C=O) groups is 2. The van der Waals surface area contributed by atoms with E-state index in [1.807, 2.05) is 26.0 Å². The molecule has 2 N–H and O–H groups in total. The van der Waals surface area contributed by atoms with Gasteiger partial charge in [-0.2, -0.15) is 0 Å². The molecule has 1 fully saturated rings. The van der Waals surface area contributed by atoms with Crippen molar-refractivity contribution in [1.82, 2.24) is 9.88 Å². The first-order valence-corrected chi connectivity index (χ1v) is 10.2. The SMILES string of the molecule is Cc1ccc(NC(=O)CN2CCc3nc(NC(=O)C4CC4)sc3C2)c(C)c1. The predicted octanol–water partition coefficient (Wildman–Crippen LogP) is 3.11. The summed E-state index contributed by atoms with van der Waals surface area (Å²) in [4.78, 5) is 32.2. The number of anilines is 2. The number of nitrogens with zero attached hydrogens (tertiary/aromatic N) is 2. The largest absolute Gasteiger partial charge is 0.325 e. The number of hydrogen-bond donors (Lipinski definition) is 2. The van der Waals surface area contributed by atoms with Crippen LogP contribution in [0.5, 0.6) is 0 Å². The Morgan fingerprint density at radius 2 is 2.07 bits per heavy atom. The third kappa shape index (κ3) is 4.36. The predicted molar refractivity (Wildman–Crippen MR) is 107 cm³/mol. The van der Waals surface area contributed by atoms with Gasteiger partial charge in [-0.3, -0.25) is 14.5 Å². The standard InChI is InChI=1S/C20H24N4O2S/c1-12-3-6-15(13(2)9-12)21-18(25)11-24-8-7-16-17(10-24)27-20(22-16)23-19(26)14-4-5-14/h3,6,9,14H,4-5,7-8,10-11H2,1-2H3,(H,21,25)(H,22,23,26). The maximum atomic E-state index is 12.4. The minimum absolute atomic E-state index is 0.00261. The lowest BCUT2D eigenvalue weighted by Crippen LogP contribution is -2.36. The molecule has 1 aliphatic carbocycles. The average molecular weight is 385 g/mol. The molecule has 0 spiro atoms. The summed E-state index contributed by atoms with van der Waals surface area (Å²) in [5.74, 6) is 0.263. The van der Waals surface area contributed by atoms with E-state index in [1.54, 1.807) is 0 Å². The van der Waals surface area contributed by atoms with Crippen LogP contribution < -0.4 is 10.6 Å². The second-order valence-corrected chi connectivity index (χ2v) is 8.56. The minimum Gasteiger partial charge on any atom is -0.325 e. The minimum atomic E-state index is -0.00261. The molecule has 0 radical (unpaired) electrons. The summed E-state index contributed by atoms with van der Waals surface area (Å²) in [5.41, 5.74) is 4.18. The normalized spacial score (nSPS) is 16.7. The highest BCUT2D eigenvalue weighted by atomic mass is 32.1. The van der Waals surface area contributed by atoms with Crippen LogP contribution in [0.1, 0.15) is 34.5 Å². The van der Waals surface area contributed by atoms with Crippen LogP contribution >= 0.6 is 11.3 Å². The van der Waals surface area contributed by atoms with Gasteiger partial charge in [-0.25, -0.2) is 4.98 Å². The van der Waals surface area contributed by atoms with Crippen LogP contribution in [0.4, 0.5) is 10.8 Å². The lowest BCUT2D eigenvalue weighted by Gasteiger charge is -2.25. The van der Waals surface area contributed by atoms with E-state index in [0.29, 0.717) is 18.2 Å². The molecule has 4 rings (SSSR count). The lowest BCUT2D eigenvalue weighted by atomic mass is 10.1. The van der Waals surface area contributed by atoms with Crippen LogP contribution in [0.15, 0.2) is 18.2 Å². The van der Waals surface area contributed by atoms with Gasteiger partial charge in [-0.15, -0.1) is 11.3 Å². The van der Waals surface area contributed by atoms with Crippen molar-refractivity contribution in [2.75, 3.05) is 23.7 Å².